The van der Waals surface area contributed by atoms with E-state index in [1.54, 1.807) is 26.2 Å². The standard InChI is InChI=1S/C12H13BrO3/c1-4-16-12(14)8(2)10-6-5-9(13)7-11(10)15-3/h5-7H,2,4H2,1,3H3. The Balaban J connectivity index is 3.03. The maximum absolute atomic E-state index is 11.5. The van der Waals surface area contributed by atoms with Gasteiger partial charge in [0.05, 0.1) is 19.3 Å². The lowest BCUT2D eigenvalue weighted by Crippen LogP contribution is -2.06. The summed E-state index contributed by atoms with van der Waals surface area (Å²) < 4.78 is 10.9. The number of ether oxygens (including phenoxy) is 2. The van der Waals surface area contributed by atoms with E-state index in [-0.39, 0.29) is 0 Å². The van der Waals surface area contributed by atoms with Gasteiger partial charge in [0.1, 0.15) is 5.75 Å². The van der Waals surface area contributed by atoms with Gasteiger partial charge in [-0.2, -0.15) is 0 Å². The van der Waals surface area contributed by atoms with Crippen molar-refractivity contribution in [1.82, 2.24) is 0 Å². The van der Waals surface area contributed by atoms with E-state index in [9.17, 15) is 4.79 Å². The fourth-order valence-electron chi connectivity index (χ4n) is 1.24. The van der Waals surface area contributed by atoms with E-state index in [0.717, 1.165) is 4.47 Å². The molecule has 0 amide bonds. The lowest BCUT2D eigenvalue weighted by atomic mass is 10.1. The number of esters is 1. The van der Waals surface area contributed by atoms with Crippen LogP contribution in [0, 0.1) is 0 Å². The van der Waals surface area contributed by atoms with E-state index in [2.05, 4.69) is 22.5 Å². The molecular weight excluding hydrogens is 272 g/mol. The fourth-order valence-corrected chi connectivity index (χ4v) is 1.58. The minimum Gasteiger partial charge on any atom is -0.496 e. The van der Waals surface area contributed by atoms with Crippen LogP contribution in [-0.4, -0.2) is 19.7 Å². The van der Waals surface area contributed by atoms with E-state index >= 15 is 0 Å². The van der Waals surface area contributed by atoms with E-state index in [1.807, 2.05) is 6.07 Å². The number of carbonyl (C=O) groups is 1. The highest BCUT2D eigenvalue weighted by Gasteiger charge is 2.14. The summed E-state index contributed by atoms with van der Waals surface area (Å²) in [6.07, 6.45) is 0. The van der Waals surface area contributed by atoms with Crippen molar-refractivity contribution in [2.75, 3.05) is 13.7 Å². The summed E-state index contributed by atoms with van der Waals surface area (Å²) in [6.45, 7) is 5.80. The summed E-state index contributed by atoms with van der Waals surface area (Å²) in [5, 5.41) is 0. The molecule has 0 heterocycles. The van der Waals surface area contributed by atoms with Crippen molar-refractivity contribution in [3.63, 3.8) is 0 Å². The minimum absolute atomic E-state index is 0.297. The Morgan fingerprint density at radius 2 is 2.19 bits per heavy atom. The molecule has 1 aromatic rings. The van der Waals surface area contributed by atoms with E-state index in [4.69, 9.17) is 9.47 Å². The van der Waals surface area contributed by atoms with Crippen LogP contribution in [0.3, 0.4) is 0 Å². The van der Waals surface area contributed by atoms with Crippen molar-refractivity contribution in [3.8, 4) is 5.75 Å². The molecule has 0 saturated carbocycles. The van der Waals surface area contributed by atoms with Gasteiger partial charge in [-0.15, -0.1) is 0 Å². The van der Waals surface area contributed by atoms with Gasteiger partial charge in [0.15, 0.2) is 0 Å². The topological polar surface area (TPSA) is 35.5 Å². The number of methoxy groups -OCH3 is 1. The van der Waals surface area contributed by atoms with Crippen LogP contribution >= 0.6 is 15.9 Å². The summed E-state index contributed by atoms with van der Waals surface area (Å²) >= 11 is 3.33. The molecule has 0 fully saturated rings. The van der Waals surface area contributed by atoms with Gasteiger partial charge in [-0.25, -0.2) is 4.79 Å². The highest BCUT2D eigenvalue weighted by Crippen LogP contribution is 2.28. The molecule has 0 aliphatic rings. The third-order valence-electron chi connectivity index (χ3n) is 2.01. The molecule has 0 unspecified atom stereocenters. The second-order valence-corrected chi connectivity index (χ2v) is 3.96. The van der Waals surface area contributed by atoms with Crippen LogP contribution in [-0.2, 0) is 9.53 Å². The fraction of sp³-hybridized carbons (Fsp3) is 0.250. The second-order valence-electron chi connectivity index (χ2n) is 3.04. The highest BCUT2D eigenvalue weighted by atomic mass is 79.9. The third kappa shape index (κ3) is 2.85. The average Bonchev–Trinajstić information content (AvgIpc) is 2.28. The van der Waals surface area contributed by atoms with Crippen molar-refractivity contribution in [3.05, 3.63) is 34.8 Å². The molecule has 3 nitrogen and oxygen atoms in total. The lowest BCUT2D eigenvalue weighted by Gasteiger charge is -2.10. The van der Waals surface area contributed by atoms with Crippen molar-refractivity contribution in [2.24, 2.45) is 0 Å². The molecule has 0 bridgehead atoms. The predicted octanol–water partition coefficient (Wildman–Crippen LogP) is 3.03. The zero-order chi connectivity index (χ0) is 12.1. The van der Waals surface area contributed by atoms with Crippen molar-refractivity contribution in [1.29, 1.82) is 0 Å². The van der Waals surface area contributed by atoms with Crippen LogP contribution in [0.2, 0.25) is 0 Å². The summed E-state index contributed by atoms with van der Waals surface area (Å²) in [6, 6.07) is 5.37. The van der Waals surface area contributed by atoms with Crippen molar-refractivity contribution in [2.45, 2.75) is 6.92 Å². The molecule has 0 saturated heterocycles. The molecular formula is C12H13BrO3. The SMILES string of the molecule is C=C(C(=O)OCC)c1ccc(Br)cc1OC. The molecule has 86 valence electrons. The van der Waals surface area contributed by atoms with Crippen LogP contribution in [0.15, 0.2) is 29.3 Å². The number of hydrogen-bond donors (Lipinski definition) is 0. The first-order valence-corrected chi connectivity index (χ1v) is 5.59. The molecule has 0 atom stereocenters. The molecule has 0 N–H and O–H groups in total. The molecule has 1 rings (SSSR count). The smallest absolute Gasteiger partial charge is 0.338 e. The maximum Gasteiger partial charge on any atom is 0.338 e. The van der Waals surface area contributed by atoms with Gasteiger partial charge < -0.3 is 9.47 Å². The Labute approximate surface area is 103 Å². The van der Waals surface area contributed by atoms with Gasteiger partial charge in [-0.3, -0.25) is 0 Å². The number of carbonyl (C=O) groups excluding carboxylic acids is 1. The van der Waals surface area contributed by atoms with E-state index in [1.165, 1.54) is 0 Å². The van der Waals surface area contributed by atoms with Gasteiger partial charge in [-0.1, -0.05) is 22.5 Å². The first kappa shape index (κ1) is 12.8. The van der Waals surface area contributed by atoms with Crippen LogP contribution in [0.25, 0.3) is 5.57 Å². The van der Waals surface area contributed by atoms with Crippen LogP contribution in [0.5, 0.6) is 5.75 Å². The number of hydrogen-bond acceptors (Lipinski definition) is 3. The predicted molar refractivity (Wildman–Crippen MR) is 66.4 cm³/mol. The Morgan fingerprint density at radius 3 is 2.75 bits per heavy atom. The Hall–Kier alpha value is -1.29. The zero-order valence-electron chi connectivity index (χ0n) is 9.25. The Bertz CT molecular complexity index is 413. The second kappa shape index (κ2) is 5.70. The normalized spacial score (nSPS) is 9.69. The highest BCUT2D eigenvalue weighted by molar-refractivity contribution is 9.10. The van der Waals surface area contributed by atoms with E-state index in [0.29, 0.717) is 23.5 Å². The monoisotopic (exact) mass is 284 g/mol. The van der Waals surface area contributed by atoms with Gasteiger partial charge in [0.2, 0.25) is 0 Å². The molecule has 1 aromatic carbocycles. The summed E-state index contributed by atoms with van der Waals surface area (Å²) in [4.78, 5) is 11.5. The third-order valence-corrected chi connectivity index (χ3v) is 2.50. The Morgan fingerprint density at radius 1 is 1.50 bits per heavy atom. The Kier molecular flexibility index (Phi) is 4.55. The number of rotatable bonds is 4. The van der Waals surface area contributed by atoms with Crippen LogP contribution in [0.1, 0.15) is 12.5 Å². The summed E-state index contributed by atoms with van der Waals surface area (Å²) in [7, 11) is 1.55. The molecule has 0 radical (unpaired) electrons. The maximum atomic E-state index is 11.5. The van der Waals surface area contributed by atoms with Crippen LogP contribution < -0.4 is 4.74 Å². The van der Waals surface area contributed by atoms with Gasteiger partial charge in [-0.05, 0) is 25.1 Å². The molecule has 4 heteroatoms. The lowest BCUT2D eigenvalue weighted by molar-refractivity contribution is -0.136. The van der Waals surface area contributed by atoms with Gasteiger partial charge in [0, 0.05) is 10.0 Å². The first-order valence-electron chi connectivity index (χ1n) is 4.80. The number of halogens is 1. The zero-order valence-corrected chi connectivity index (χ0v) is 10.8. The van der Waals surface area contributed by atoms with Gasteiger partial charge >= 0.3 is 5.97 Å². The quantitative estimate of drug-likeness (QED) is 0.630. The van der Waals surface area contributed by atoms with Crippen molar-refractivity contribution < 1.29 is 14.3 Å². The minimum atomic E-state index is -0.428. The molecule has 0 spiro atoms. The van der Waals surface area contributed by atoms with Gasteiger partial charge in [0.25, 0.3) is 0 Å². The van der Waals surface area contributed by atoms with Crippen molar-refractivity contribution >= 4 is 27.5 Å². The number of benzene rings is 1. The molecule has 0 aliphatic heterocycles. The molecule has 0 aliphatic carbocycles. The molecule has 16 heavy (non-hydrogen) atoms. The van der Waals surface area contributed by atoms with E-state index < -0.39 is 5.97 Å². The molecule has 0 aromatic heterocycles. The first-order chi connectivity index (χ1) is 7.60. The summed E-state index contributed by atoms with van der Waals surface area (Å²) in [5.41, 5.74) is 0.940. The largest absolute Gasteiger partial charge is 0.496 e. The average molecular weight is 285 g/mol. The summed E-state index contributed by atoms with van der Waals surface area (Å²) in [5.74, 6) is 0.163. The van der Waals surface area contributed by atoms with Crippen LogP contribution in [0.4, 0.5) is 0 Å².